The van der Waals surface area contributed by atoms with Crippen molar-refractivity contribution in [2.45, 2.75) is 96.6 Å². The molecule has 1 saturated carbocycles. The van der Waals surface area contributed by atoms with Crippen molar-refractivity contribution in [1.82, 2.24) is 15.6 Å². The molecule has 5 rings (SSSR count). The van der Waals surface area contributed by atoms with Crippen LogP contribution in [0.3, 0.4) is 0 Å². The van der Waals surface area contributed by atoms with Gasteiger partial charge in [-0.1, -0.05) is 31.8 Å². The zero-order valence-electron chi connectivity index (χ0n) is 25.6. The molecular weight excluding hydrogens is 557 g/mol. The van der Waals surface area contributed by atoms with Crippen LogP contribution in [0.1, 0.15) is 94.9 Å². The largest absolute Gasteiger partial charge is 0.443 e. The molecule has 1 atom stereocenters. The van der Waals surface area contributed by atoms with E-state index in [4.69, 9.17) is 14.1 Å². The fraction of sp³-hybridized carbons (Fsp3) is 0.645. The topological polar surface area (TPSA) is 136 Å². The van der Waals surface area contributed by atoms with Crippen LogP contribution < -0.4 is 15.5 Å². The molecule has 3 heterocycles. The maximum Gasteiger partial charge on any atom is 0.414 e. The monoisotopic (exact) mass is 599 g/mol. The van der Waals surface area contributed by atoms with E-state index in [2.05, 4.69) is 27.9 Å². The van der Waals surface area contributed by atoms with Gasteiger partial charge in [0.1, 0.15) is 23.2 Å². The molecule has 1 unspecified atom stereocenters. The van der Waals surface area contributed by atoms with Gasteiger partial charge in [0.15, 0.2) is 5.69 Å². The zero-order chi connectivity index (χ0) is 30.9. The summed E-state index contributed by atoms with van der Waals surface area (Å²) in [7, 11) is 0. The summed E-state index contributed by atoms with van der Waals surface area (Å²) in [6, 6.07) is 2.04. The highest BCUT2D eigenvalue weighted by Gasteiger charge is 2.49. The molecule has 1 aromatic heterocycles. The minimum Gasteiger partial charge on any atom is -0.443 e. The zero-order valence-corrected chi connectivity index (χ0v) is 25.6. The Morgan fingerprint density at radius 1 is 1.14 bits per heavy atom. The van der Waals surface area contributed by atoms with Gasteiger partial charge in [0, 0.05) is 36.4 Å². The molecule has 2 aliphatic heterocycles. The molecule has 12 heteroatoms. The van der Waals surface area contributed by atoms with Crippen molar-refractivity contribution in [2.24, 2.45) is 11.8 Å². The number of hydrogen-bond donors (Lipinski definition) is 2. The molecule has 234 valence electrons. The first-order chi connectivity index (χ1) is 20.4. The number of carbonyl (C=O) groups excluding carboxylic acids is 3. The van der Waals surface area contributed by atoms with Crippen LogP contribution >= 0.6 is 0 Å². The van der Waals surface area contributed by atoms with Gasteiger partial charge in [0.2, 0.25) is 5.91 Å². The first kappa shape index (κ1) is 30.9. The Hall–Kier alpha value is -3.54. The molecule has 2 fully saturated rings. The Kier molecular flexibility index (Phi) is 8.78. The van der Waals surface area contributed by atoms with E-state index < -0.39 is 40.8 Å². The summed E-state index contributed by atoms with van der Waals surface area (Å²) in [5, 5.41) is 13.2. The number of amides is 3. The second-order valence-corrected chi connectivity index (χ2v) is 13.2. The number of nitrogens with one attached hydrogen (secondary N) is 2. The summed E-state index contributed by atoms with van der Waals surface area (Å²) in [6.45, 7) is 10.5. The van der Waals surface area contributed by atoms with Crippen LogP contribution in [0.2, 0.25) is 0 Å². The third-order valence-corrected chi connectivity index (χ3v) is 8.89. The summed E-state index contributed by atoms with van der Waals surface area (Å²) in [5.41, 5.74) is 0.111. The summed E-state index contributed by atoms with van der Waals surface area (Å²) in [6.07, 6.45) is 4.37. The van der Waals surface area contributed by atoms with Gasteiger partial charge >= 0.3 is 6.09 Å². The van der Waals surface area contributed by atoms with Crippen LogP contribution in [0, 0.1) is 17.7 Å². The van der Waals surface area contributed by atoms with E-state index >= 15 is 4.39 Å². The van der Waals surface area contributed by atoms with Crippen molar-refractivity contribution in [3.05, 3.63) is 34.9 Å². The van der Waals surface area contributed by atoms with Crippen molar-refractivity contribution in [1.29, 1.82) is 0 Å². The Morgan fingerprint density at radius 2 is 1.84 bits per heavy atom. The van der Waals surface area contributed by atoms with Crippen LogP contribution in [0.4, 0.5) is 20.6 Å². The van der Waals surface area contributed by atoms with Crippen molar-refractivity contribution in [2.75, 3.05) is 30.0 Å². The Morgan fingerprint density at radius 3 is 2.49 bits per heavy atom. The van der Waals surface area contributed by atoms with E-state index in [1.165, 1.54) is 11.0 Å². The number of carbonyl (C=O) groups is 3. The molecule has 1 aromatic carbocycles. The van der Waals surface area contributed by atoms with E-state index in [-0.39, 0.29) is 23.8 Å². The maximum atomic E-state index is 16.0. The van der Waals surface area contributed by atoms with Gasteiger partial charge in [0.05, 0.1) is 5.69 Å². The number of fused-ring (bicyclic) bond motifs is 2. The number of ether oxygens (including phenoxy) is 2. The molecule has 11 nitrogen and oxygen atoms in total. The lowest BCUT2D eigenvalue weighted by atomic mass is 9.75. The van der Waals surface area contributed by atoms with Gasteiger partial charge in [-0.3, -0.25) is 14.5 Å². The number of nitrogens with zero attached hydrogens (tertiary/aromatic N) is 3. The Labute approximate surface area is 251 Å². The average molecular weight is 600 g/mol. The molecule has 1 aliphatic carbocycles. The average Bonchev–Trinajstić information content (AvgIpc) is 3.55. The fourth-order valence-electron chi connectivity index (χ4n) is 6.58. The van der Waals surface area contributed by atoms with Crippen LogP contribution in [-0.4, -0.2) is 59.6 Å². The highest BCUT2D eigenvalue weighted by molar-refractivity contribution is 6.02. The standard InChI is InChI=1S/C31H42FN5O6/c1-6-22-26(36-43-35-22)28(39)34-25(19-9-7-18(2)8-10-19)27(38)33-20-15-21(32)24-23(16-20)37(29(40)42-30(3,4)5)17-31(24)11-13-41-14-12-31/h15-16,18-19,25H,6-14,17H2,1-5H3,(H,33,38)(H,34,39)/t18-,19-,25?. The summed E-state index contributed by atoms with van der Waals surface area (Å²) < 4.78 is 32.0. The van der Waals surface area contributed by atoms with Gasteiger partial charge < -0.3 is 20.1 Å². The number of aromatic nitrogens is 2. The van der Waals surface area contributed by atoms with Crippen LogP contribution in [0.15, 0.2) is 16.8 Å². The smallest absolute Gasteiger partial charge is 0.414 e. The third kappa shape index (κ3) is 6.53. The van der Waals surface area contributed by atoms with E-state index in [1.807, 2.05) is 6.92 Å². The van der Waals surface area contributed by atoms with Crippen molar-refractivity contribution in [3.63, 3.8) is 0 Å². The van der Waals surface area contributed by atoms with Gasteiger partial charge in [-0.05, 0) is 82.0 Å². The maximum absolute atomic E-state index is 16.0. The first-order valence-electron chi connectivity index (χ1n) is 15.3. The SMILES string of the molecule is CCc1nonc1C(=O)NC(C(=O)Nc1cc(F)c2c(c1)N(C(=O)OC(C)(C)C)CC21CCOCC1)[C@H]1CC[C@H](C)CC1. The Bertz CT molecular complexity index is 1360. The Balaban J connectivity index is 1.44. The number of benzene rings is 1. The molecule has 2 aromatic rings. The van der Waals surface area contributed by atoms with Crippen molar-refractivity contribution >= 4 is 29.3 Å². The van der Waals surface area contributed by atoms with Gasteiger partial charge in [0.25, 0.3) is 5.91 Å². The van der Waals surface area contributed by atoms with Crippen LogP contribution in [0.25, 0.3) is 0 Å². The second kappa shape index (κ2) is 12.2. The van der Waals surface area contributed by atoms with Crippen LogP contribution in [-0.2, 0) is 26.1 Å². The van der Waals surface area contributed by atoms with E-state index in [0.717, 1.165) is 25.7 Å². The lowest BCUT2D eigenvalue weighted by Crippen LogP contribution is -2.49. The number of rotatable bonds is 6. The predicted molar refractivity (Wildman–Crippen MR) is 156 cm³/mol. The quantitative estimate of drug-likeness (QED) is 0.466. The summed E-state index contributed by atoms with van der Waals surface area (Å²) in [5.74, 6) is -1.11. The normalized spacial score (nSPS) is 22.1. The fourth-order valence-corrected chi connectivity index (χ4v) is 6.58. The van der Waals surface area contributed by atoms with E-state index in [1.54, 1.807) is 26.8 Å². The minimum atomic E-state index is -0.887. The van der Waals surface area contributed by atoms with Gasteiger partial charge in [-0.15, -0.1) is 0 Å². The molecule has 2 N–H and O–H groups in total. The molecule has 1 saturated heterocycles. The number of anilines is 2. The molecule has 3 aliphatic rings. The number of halogens is 1. The summed E-state index contributed by atoms with van der Waals surface area (Å²) in [4.78, 5) is 41.8. The molecule has 3 amide bonds. The van der Waals surface area contributed by atoms with Crippen molar-refractivity contribution < 1.29 is 32.9 Å². The summed E-state index contributed by atoms with van der Waals surface area (Å²) >= 11 is 0. The van der Waals surface area contributed by atoms with E-state index in [9.17, 15) is 14.4 Å². The van der Waals surface area contributed by atoms with Crippen molar-refractivity contribution in [3.8, 4) is 0 Å². The predicted octanol–water partition coefficient (Wildman–Crippen LogP) is 5.14. The van der Waals surface area contributed by atoms with Gasteiger partial charge in [-0.25, -0.2) is 13.8 Å². The molecule has 1 spiro atoms. The first-order valence-corrected chi connectivity index (χ1v) is 15.3. The van der Waals surface area contributed by atoms with Crippen LogP contribution in [0.5, 0.6) is 0 Å². The molecule has 43 heavy (non-hydrogen) atoms. The second-order valence-electron chi connectivity index (χ2n) is 13.2. The highest BCUT2D eigenvalue weighted by atomic mass is 19.1. The highest BCUT2D eigenvalue weighted by Crippen LogP contribution is 2.49. The molecule has 0 radical (unpaired) electrons. The lowest BCUT2D eigenvalue weighted by Gasteiger charge is -2.34. The minimum absolute atomic E-state index is 0.0443. The van der Waals surface area contributed by atoms with Gasteiger partial charge in [-0.2, -0.15) is 0 Å². The molecule has 0 bridgehead atoms. The molecular formula is C31H42FN5O6. The lowest BCUT2D eigenvalue weighted by molar-refractivity contribution is -0.119. The third-order valence-electron chi connectivity index (χ3n) is 8.89. The number of aryl methyl sites for hydroxylation is 1. The number of hydrogen-bond acceptors (Lipinski definition) is 8. The van der Waals surface area contributed by atoms with E-state index in [0.29, 0.717) is 55.3 Å².